The first kappa shape index (κ1) is 15.9. The predicted octanol–water partition coefficient (Wildman–Crippen LogP) is 3.30. The van der Waals surface area contributed by atoms with Crippen molar-refractivity contribution in [3.05, 3.63) is 72.3 Å². The summed E-state index contributed by atoms with van der Waals surface area (Å²) in [6.07, 6.45) is 3.94. The molecule has 0 radical (unpaired) electrons. The van der Waals surface area contributed by atoms with E-state index in [4.69, 9.17) is 0 Å². The average molecular weight is 357 g/mol. The van der Waals surface area contributed by atoms with E-state index in [1.807, 2.05) is 70.1 Å². The maximum absolute atomic E-state index is 13.0. The lowest BCUT2D eigenvalue weighted by atomic mass is 9.97. The smallest absolute Gasteiger partial charge is 0.272 e. The Labute approximate surface area is 156 Å². The topological polar surface area (TPSA) is 63.4 Å². The Morgan fingerprint density at radius 2 is 1.89 bits per heavy atom. The van der Waals surface area contributed by atoms with Crippen LogP contribution in [0.3, 0.4) is 0 Å². The molecule has 5 rings (SSSR count). The number of hydrogen-bond donors (Lipinski definition) is 0. The molecule has 1 aliphatic rings. The molecule has 3 aromatic heterocycles. The van der Waals surface area contributed by atoms with E-state index < -0.39 is 0 Å². The Morgan fingerprint density at radius 1 is 1.00 bits per heavy atom. The fraction of sp³-hybridized carbons (Fsp3) is 0.238. The second-order valence-electron chi connectivity index (χ2n) is 6.97. The van der Waals surface area contributed by atoms with E-state index in [1.165, 1.54) is 0 Å². The van der Waals surface area contributed by atoms with Gasteiger partial charge in [-0.3, -0.25) is 9.20 Å². The zero-order valence-corrected chi connectivity index (χ0v) is 14.8. The first-order valence-corrected chi connectivity index (χ1v) is 9.24. The number of piperidine rings is 1. The molecule has 27 heavy (non-hydrogen) atoms. The number of likely N-dealkylation sites (tertiary alicyclic amines) is 1. The summed E-state index contributed by atoms with van der Waals surface area (Å²) in [6.45, 7) is 1.39. The highest BCUT2D eigenvalue weighted by molar-refractivity contribution is 5.95. The van der Waals surface area contributed by atoms with Gasteiger partial charge in [-0.1, -0.05) is 30.3 Å². The van der Waals surface area contributed by atoms with Gasteiger partial charge in [0.05, 0.1) is 5.52 Å². The summed E-state index contributed by atoms with van der Waals surface area (Å²) < 4.78 is 2.02. The van der Waals surface area contributed by atoms with Crippen molar-refractivity contribution in [3.8, 4) is 0 Å². The second kappa shape index (κ2) is 6.46. The van der Waals surface area contributed by atoms with Gasteiger partial charge in [-0.05, 0) is 37.1 Å². The third-order valence-corrected chi connectivity index (χ3v) is 5.23. The molecule has 0 unspecified atom stereocenters. The largest absolute Gasteiger partial charge is 0.337 e. The van der Waals surface area contributed by atoms with Crippen LogP contribution in [-0.2, 0) is 0 Å². The van der Waals surface area contributed by atoms with Crippen molar-refractivity contribution in [2.75, 3.05) is 13.1 Å². The molecule has 4 heterocycles. The molecule has 1 fully saturated rings. The van der Waals surface area contributed by atoms with Crippen LogP contribution in [0.2, 0.25) is 0 Å². The van der Waals surface area contributed by atoms with Gasteiger partial charge in [-0.25, -0.2) is 4.98 Å². The standard InChI is InChI=1S/C21H19N5O/c27-21(18-11-10-15-6-1-2-8-17(15)22-18)25-12-5-7-16(14-25)20-24-23-19-9-3-4-13-26(19)20/h1-4,6,8-11,13,16H,5,7,12,14H2/t16-/m1/s1. The summed E-state index contributed by atoms with van der Waals surface area (Å²) >= 11 is 0. The molecule has 6 heteroatoms. The highest BCUT2D eigenvalue weighted by atomic mass is 16.2. The van der Waals surface area contributed by atoms with Gasteiger partial charge >= 0.3 is 0 Å². The molecule has 0 saturated carbocycles. The molecule has 0 N–H and O–H groups in total. The minimum Gasteiger partial charge on any atom is -0.337 e. The van der Waals surface area contributed by atoms with Gasteiger partial charge in [0.25, 0.3) is 5.91 Å². The molecule has 0 spiro atoms. The number of para-hydroxylation sites is 1. The van der Waals surface area contributed by atoms with E-state index in [-0.39, 0.29) is 11.8 Å². The third-order valence-electron chi connectivity index (χ3n) is 5.23. The predicted molar refractivity (Wildman–Crippen MR) is 103 cm³/mol. The summed E-state index contributed by atoms with van der Waals surface area (Å²) in [6, 6.07) is 17.5. The summed E-state index contributed by atoms with van der Waals surface area (Å²) in [4.78, 5) is 19.5. The molecule has 1 aliphatic heterocycles. The van der Waals surface area contributed by atoms with Crippen LogP contribution in [0.25, 0.3) is 16.6 Å². The van der Waals surface area contributed by atoms with Gasteiger partial charge in [0, 0.05) is 30.6 Å². The fourth-order valence-corrected chi connectivity index (χ4v) is 3.86. The SMILES string of the molecule is O=C(c1ccc2ccccc2n1)N1CCC[C@@H](c2nnc3ccccn23)C1. The molecule has 4 aromatic rings. The summed E-state index contributed by atoms with van der Waals surface area (Å²) in [7, 11) is 0. The first-order valence-electron chi connectivity index (χ1n) is 9.24. The first-order chi connectivity index (χ1) is 13.3. The molecule has 1 amide bonds. The Balaban J connectivity index is 1.42. The molecule has 1 saturated heterocycles. The maximum Gasteiger partial charge on any atom is 0.272 e. The van der Waals surface area contributed by atoms with E-state index in [1.54, 1.807) is 0 Å². The van der Waals surface area contributed by atoms with Crippen LogP contribution in [-0.4, -0.2) is 43.5 Å². The number of carbonyl (C=O) groups excluding carboxylic acids is 1. The van der Waals surface area contributed by atoms with Crippen LogP contribution in [0, 0.1) is 0 Å². The molecule has 0 bridgehead atoms. The number of pyridine rings is 2. The van der Waals surface area contributed by atoms with Crippen molar-refractivity contribution in [1.82, 2.24) is 24.5 Å². The van der Waals surface area contributed by atoms with Gasteiger partial charge in [-0.2, -0.15) is 0 Å². The summed E-state index contributed by atoms with van der Waals surface area (Å²) in [5.41, 5.74) is 2.19. The zero-order valence-electron chi connectivity index (χ0n) is 14.8. The van der Waals surface area contributed by atoms with Gasteiger partial charge in [-0.15, -0.1) is 10.2 Å². The highest BCUT2D eigenvalue weighted by Crippen LogP contribution is 2.27. The second-order valence-corrected chi connectivity index (χ2v) is 6.97. The van der Waals surface area contributed by atoms with Crippen molar-refractivity contribution < 1.29 is 4.79 Å². The fourth-order valence-electron chi connectivity index (χ4n) is 3.86. The van der Waals surface area contributed by atoms with E-state index in [9.17, 15) is 4.79 Å². The lowest BCUT2D eigenvalue weighted by Gasteiger charge is -2.31. The van der Waals surface area contributed by atoms with Gasteiger partial charge in [0.1, 0.15) is 11.5 Å². The highest BCUT2D eigenvalue weighted by Gasteiger charge is 2.29. The third kappa shape index (κ3) is 2.83. The average Bonchev–Trinajstić information content (AvgIpc) is 3.17. The Hall–Kier alpha value is -3.28. The Morgan fingerprint density at radius 3 is 2.85 bits per heavy atom. The summed E-state index contributed by atoms with van der Waals surface area (Å²) in [5.74, 6) is 1.09. The molecular formula is C21H19N5O. The molecule has 134 valence electrons. The number of rotatable bonds is 2. The van der Waals surface area contributed by atoms with Crippen LogP contribution >= 0.6 is 0 Å². The van der Waals surface area contributed by atoms with E-state index >= 15 is 0 Å². The maximum atomic E-state index is 13.0. The lowest BCUT2D eigenvalue weighted by Crippen LogP contribution is -2.40. The van der Waals surface area contributed by atoms with Crippen molar-refractivity contribution in [2.45, 2.75) is 18.8 Å². The molecular weight excluding hydrogens is 338 g/mol. The molecule has 0 aliphatic carbocycles. The number of amides is 1. The number of nitrogens with zero attached hydrogens (tertiary/aromatic N) is 5. The minimum atomic E-state index is -0.0146. The molecule has 1 aromatic carbocycles. The molecule has 6 nitrogen and oxygen atoms in total. The quantitative estimate of drug-likeness (QED) is 0.552. The number of carbonyl (C=O) groups is 1. The van der Waals surface area contributed by atoms with Gasteiger partial charge in [0.15, 0.2) is 5.65 Å². The molecule has 1 atom stereocenters. The van der Waals surface area contributed by atoms with Crippen molar-refractivity contribution in [2.24, 2.45) is 0 Å². The van der Waals surface area contributed by atoms with Crippen molar-refractivity contribution >= 4 is 22.5 Å². The van der Waals surface area contributed by atoms with Crippen LogP contribution in [0.1, 0.15) is 35.1 Å². The number of benzene rings is 1. The van der Waals surface area contributed by atoms with Crippen molar-refractivity contribution in [3.63, 3.8) is 0 Å². The zero-order chi connectivity index (χ0) is 18.2. The van der Waals surface area contributed by atoms with Crippen LogP contribution in [0.4, 0.5) is 0 Å². The monoisotopic (exact) mass is 357 g/mol. The normalized spacial score (nSPS) is 17.5. The van der Waals surface area contributed by atoms with Crippen LogP contribution < -0.4 is 0 Å². The van der Waals surface area contributed by atoms with E-state index in [0.717, 1.165) is 41.8 Å². The van der Waals surface area contributed by atoms with Crippen molar-refractivity contribution in [1.29, 1.82) is 0 Å². The van der Waals surface area contributed by atoms with Crippen LogP contribution in [0.15, 0.2) is 60.8 Å². The number of hydrogen-bond acceptors (Lipinski definition) is 4. The van der Waals surface area contributed by atoms with Crippen LogP contribution in [0.5, 0.6) is 0 Å². The van der Waals surface area contributed by atoms with E-state index in [0.29, 0.717) is 12.2 Å². The summed E-state index contributed by atoms with van der Waals surface area (Å²) in [5, 5.41) is 9.68. The van der Waals surface area contributed by atoms with Gasteiger partial charge < -0.3 is 4.90 Å². The minimum absolute atomic E-state index is 0.0146. The lowest BCUT2D eigenvalue weighted by molar-refractivity contribution is 0.0698. The number of fused-ring (bicyclic) bond motifs is 2. The Bertz CT molecular complexity index is 1140. The number of aromatic nitrogens is 4. The van der Waals surface area contributed by atoms with E-state index in [2.05, 4.69) is 15.2 Å². The Kier molecular flexibility index (Phi) is 3.81. The van der Waals surface area contributed by atoms with Gasteiger partial charge in [0.2, 0.25) is 0 Å².